The van der Waals surface area contributed by atoms with Gasteiger partial charge in [-0.15, -0.1) is 0 Å². The summed E-state index contributed by atoms with van der Waals surface area (Å²) in [7, 11) is 3.73. The second-order valence-corrected chi connectivity index (χ2v) is 6.48. The molecule has 25 heavy (non-hydrogen) atoms. The van der Waals surface area contributed by atoms with Gasteiger partial charge in [-0.3, -0.25) is 9.48 Å². The van der Waals surface area contributed by atoms with E-state index in [4.69, 9.17) is 0 Å². The number of anilines is 1. The zero-order chi connectivity index (χ0) is 17.6. The molecule has 3 heterocycles. The highest BCUT2D eigenvalue weighted by Crippen LogP contribution is 2.34. The van der Waals surface area contributed by atoms with Gasteiger partial charge in [-0.05, 0) is 24.6 Å². The fourth-order valence-corrected chi connectivity index (χ4v) is 3.64. The van der Waals surface area contributed by atoms with Gasteiger partial charge in [0.05, 0.1) is 23.3 Å². The molecule has 0 bridgehead atoms. The lowest BCUT2D eigenvalue weighted by atomic mass is 10.0. The standard InChI is InChI=1S/C18H20N6O/c1-11-5-4-6-12-16(11)18(20-10-19-12)22-13-9-15(25)23(2)17(13)14-7-8-21-24(14)3/h4-8,10,13,17H,9H2,1-3H3,(H,19,20,22)/t13-,17-/m1/s1. The van der Waals surface area contributed by atoms with Crippen LogP contribution in [0.5, 0.6) is 0 Å². The second-order valence-electron chi connectivity index (χ2n) is 6.48. The van der Waals surface area contributed by atoms with Crippen molar-refractivity contribution in [3.63, 3.8) is 0 Å². The third-order valence-electron chi connectivity index (χ3n) is 4.94. The molecule has 4 rings (SSSR count). The molecule has 7 heteroatoms. The average Bonchev–Trinajstić information content (AvgIpc) is 3.11. The first-order chi connectivity index (χ1) is 12.1. The molecule has 2 aromatic heterocycles. The molecule has 0 spiro atoms. The molecule has 1 aliphatic heterocycles. The number of hydrogen-bond acceptors (Lipinski definition) is 5. The van der Waals surface area contributed by atoms with E-state index in [1.54, 1.807) is 17.4 Å². The van der Waals surface area contributed by atoms with Crippen molar-refractivity contribution in [2.45, 2.75) is 25.4 Å². The van der Waals surface area contributed by atoms with Gasteiger partial charge in [0.1, 0.15) is 12.1 Å². The van der Waals surface area contributed by atoms with E-state index in [2.05, 4.69) is 20.4 Å². The van der Waals surface area contributed by atoms with Crippen LogP contribution < -0.4 is 5.32 Å². The number of rotatable bonds is 3. The van der Waals surface area contributed by atoms with Gasteiger partial charge in [0.2, 0.25) is 5.91 Å². The molecule has 7 nitrogen and oxygen atoms in total. The van der Waals surface area contributed by atoms with Gasteiger partial charge in [-0.2, -0.15) is 5.10 Å². The third kappa shape index (κ3) is 2.52. The number of fused-ring (bicyclic) bond motifs is 1. The number of aryl methyl sites for hydroxylation is 2. The van der Waals surface area contributed by atoms with Crippen LogP contribution in [0.15, 0.2) is 36.8 Å². The maximum atomic E-state index is 12.3. The van der Waals surface area contributed by atoms with E-state index >= 15 is 0 Å². The Hall–Kier alpha value is -2.96. The van der Waals surface area contributed by atoms with E-state index in [0.717, 1.165) is 28.0 Å². The Morgan fingerprint density at radius 1 is 1.20 bits per heavy atom. The summed E-state index contributed by atoms with van der Waals surface area (Å²) >= 11 is 0. The Labute approximate surface area is 145 Å². The lowest BCUT2D eigenvalue weighted by molar-refractivity contribution is -0.127. The highest BCUT2D eigenvalue weighted by molar-refractivity contribution is 5.92. The maximum Gasteiger partial charge on any atom is 0.225 e. The van der Waals surface area contributed by atoms with Crippen LogP contribution in [0.2, 0.25) is 0 Å². The Balaban J connectivity index is 1.75. The molecule has 0 unspecified atom stereocenters. The molecular weight excluding hydrogens is 316 g/mol. The number of carbonyl (C=O) groups is 1. The molecule has 1 aromatic carbocycles. The Bertz CT molecular complexity index is 944. The van der Waals surface area contributed by atoms with Gasteiger partial charge >= 0.3 is 0 Å². The van der Waals surface area contributed by atoms with Gasteiger partial charge in [0.25, 0.3) is 0 Å². The van der Waals surface area contributed by atoms with Gasteiger partial charge in [-0.1, -0.05) is 12.1 Å². The fourth-order valence-electron chi connectivity index (χ4n) is 3.64. The molecule has 2 atom stereocenters. The Kier molecular flexibility index (Phi) is 3.63. The topological polar surface area (TPSA) is 75.9 Å². The van der Waals surface area contributed by atoms with Crippen molar-refractivity contribution in [1.29, 1.82) is 0 Å². The predicted octanol–water partition coefficient (Wildman–Crippen LogP) is 2.06. The van der Waals surface area contributed by atoms with Crippen LogP contribution in [0.4, 0.5) is 5.82 Å². The minimum atomic E-state index is -0.0889. The quantitative estimate of drug-likeness (QED) is 0.792. The largest absolute Gasteiger partial charge is 0.364 e. The molecule has 0 saturated carbocycles. The van der Waals surface area contributed by atoms with Crippen LogP contribution >= 0.6 is 0 Å². The Morgan fingerprint density at radius 3 is 2.80 bits per heavy atom. The number of benzene rings is 1. The smallest absolute Gasteiger partial charge is 0.225 e. The van der Waals surface area contributed by atoms with E-state index in [-0.39, 0.29) is 18.0 Å². The van der Waals surface area contributed by atoms with E-state index in [9.17, 15) is 4.79 Å². The van der Waals surface area contributed by atoms with Crippen LogP contribution in [0.1, 0.15) is 23.7 Å². The molecule has 1 fully saturated rings. The van der Waals surface area contributed by atoms with Gasteiger partial charge in [0.15, 0.2) is 0 Å². The zero-order valence-electron chi connectivity index (χ0n) is 14.5. The van der Waals surface area contributed by atoms with E-state index < -0.39 is 0 Å². The molecule has 1 saturated heterocycles. The first kappa shape index (κ1) is 15.6. The van der Waals surface area contributed by atoms with Crippen molar-refractivity contribution >= 4 is 22.6 Å². The van der Waals surface area contributed by atoms with E-state index in [1.165, 1.54) is 0 Å². The van der Waals surface area contributed by atoms with Crippen molar-refractivity contribution in [3.8, 4) is 0 Å². The predicted molar refractivity (Wildman–Crippen MR) is 95.0 cm³/mol. The number of aromatic nitrogens is 4. The summed E-state index contributed by atoms with van der Waals surface area (Å²) in [5.74, 6) is 0.877. The molecule has 0 radical (unpaired) electrons. The van der Waals surface area contributed by atoms with Crippen LogP contribution in [-0.2, 0) is 11.8 Å². The lowest BCUT2D eigenvalue weighted by Gasteiger charge is -2.26. The summed E-state index contributed by atoms with van der Waals surface area (Å²) in [6.07, 6.45) is 3.74. The zero-order valence-corrected chi connectivity index (χ0v) is 14.5. The van der Waals surface area contributed by atoms with Gasteiger partial charge in [0, 0.05) is 32.1 Å². The SMILES string of the molecule is Cc1cccc2ncnc(N[C@@H]3CC(=O)N(C)[C@H]3c3ccnn3C)c12. The fraction of sp³-hybridized carbons (Fsp3) is 0.333. The van der Waals surface area contributed by atoms with Crippen LogP contribution in [0, 0.1) is 6.92 Å². The minimum absolute atomic E-state index is 0.0781. The van der Waals surface area contributed by atoms with Crippen molar-refractivity contribution in [1.82, 2.24) is 24.6 Å². The summed E-state index contributed by atoms with van der Waals surface area (Å²) in [5.41, 5.74) is 3.00. The first-order valence-electron chi connectivity index (χ1n) is 8.26. The summed E-state index contributed by atoms with van der Waals surface area (Å²) in [6, 6.07) is 7.79. The van der Waals surface area contributed by atoms with Gasteiger partial charge < -0.3 is 10.2 Å². The van der Waals surface area contributed by atoms with Crippen molar-refractivity contribution < 1.29 is 4.79 Å². The van der Waals surface area contributed by atoms with E-state index in [0.29, 0.717) is 6.42 Å². The molecule has 1 aliphatic rings. The number of carbonyl (C=O) groups excluding carboxylic acids is 1. The van der Waals surface area contributed by atoms with Crippen LogP contribution in [0.3, 0.4) is 0 Å². The lowest BCUT2D eigenvalue weighted by Crippen LogP contribution is -2.31. The molecular formula is C18H20N6O. The number of likely N-dealkylation sites (N-methyl/N-ethyl adjacent to an activating group) is 1. The van der Waals surface area contributed by atoms with Crippen molar-refractivity contribution in [2.24, 2.45) is 7.05 Å². The molecule has 128 valence electrons. The number of hydrogen-bond donors (Lipinski definition) is 1. The first-order valence-corrected chi connectivity index (χ1v) is 8.26. The van der Waals surface area contributed by atoms with E-state index in [1.807, 2.05) is 50.0 Å². The summed E-state index contributed by atoms with van der Waals surface area (Å²) < 4.78 is 1.82. The molecule has 0 aliphatic carbocycles. The van der Waals surface area contributed by atoms with Crippen LogP contribution in [-0.4, -0.2) is 43.6 Å². The molecule has 1 amide bonds. The summed E-state index contributed by atoms with van der Waals surface area (Å²) in [4.78, 5) is 22.9. The van der Waals surface area contributed by atoms with Crippen LogP contribution in [0.25, 0.3) is 10.9 Å². The summed E-state index contributed by atoms with van der Waals surface area (Å²) in [5, 5.41) is 8.74. The highest BCUT2D eigenvalue weighted by atomic mass is 16.2. The third-order valence-corrected chi connectivity index (χ3v) is 4.94. The number of nitrogens with zero attached hydrogens (tertiary/aromatic N) is 5. The number of nitrogens with one attached hydrogen (secondary N) is 1. The second kappa shape index (κ2) is 5.84. The van der Waals surface area contributed by atoms with Crippen molar-refractivity contribution in [3.05, 3.63) is 48.0 Å². The maximum absolute atomic E-state index is 12.3. The Morgan fingerprint density at radius 2 is 2.04 bits per heavy atom. The number of likely N-dealkylation sites (tertiary alicyclic amines) is 1. The highest BCUT2D eigenvalue weighted by Gasteiger charge is 2.40. The normalized spacial score (nSPS) is 20.4. The molecule has 1 N–H and O–H groups in total. The molecule has 3 aromatic rings. The monoisotopic (exact) mass is 336 g/mol. The van der Waals surface area contributed by atoms with Crippen molar-refractivity contribution in [2.75, 3.05) is 12.4 Å². The summed E-state index contributed by atoms with van der Waals surface area (Å²) in [6.45, 7) is 2.04. The number of amides is 1. The minimum Gasteiger partial charge on any atom is -0.364 e. The average molecular weight is 336 g/mol. The van der Waals surface area contributed by atoms with Gasteiger partial charge in [-0.25, -0.2) is 9.97 Å².